The molecule has 0 saturated carbocycles. The van der Waals surface area contributed by atoms with Crippen LogP contribution < -0.4 is 15.4 Å². The lowest BCUT2D eigenvalue weighted by Crippen LogP contribution is -2.36. The van der Waals surface area contributed by atoms with E-state index in [0.717, 1.165) is 5.56 Å². The second-order valence-corrected chi connectivity index (χ2v) is 6.82. The van der Waals surface area contributed by atoms with Crippen molar-refractivity contribution in [3.63, 3.8) is 0 Å². The van der Waals surface area contributed by atoms with Gasteiger partial charge in [0.05, 0.1) is 0 Å². The zero-order valence-electron chi connectivity index (χ0n) is 16.3. The van der Waals surface area contributed by atoms with E-state index in [1.165, 1.54) is 24.3 Å². The van der Waals surface area contributed by atoms with Gasteiger partial charge in [-0.05, 0) is 42.2 Å². The van der Waals surface area contributed by atoms with Crippen molar-refractivity contribution >= 4 is 17.5 Å². The molecule has 0 radical (unpaired) electrons. The van der Waals surface area contributed by atoms with Gasteiger partial charge in [0, 0.05) is 12.2 Å². The molecule has 29 heavy (non-hydrogen) atoms. The topological polar surface area (TPSA) is 67.4 Å². The molecule has 0 heterocycles. The van der Waals surface area contributed by atoms with Crippen LogP contribution in [-0.4, -0.2) is 24.1 Å². The van der Waals surface area contributed by atoms with E-state index in [4.69, 9.17) is 4.74 Å². The summed E-state index contributed by atoms with van der Waals surface area (Å²) in [5, 5.41) is 4.48. The summed E-state index contributed by atoms with van der Waals surface area (Å²) in [5.74, 6) is -1.46. The van der Waals surface area contributed by atoms with Crippen LogP contribution in [0.2, 0.25) is 0 Å². The highest BCUT2D eigenvalue weighted by Gasteiger charge is 2.38. The van der Waals surface area contributed by atoms with Crippen LogP contribution >= 0.6 is 0 Å². The maximum atomic E-state index is 12.3. The first-order chi connectivity index (χ1) is 13.6. The van der Waals surface area contributed by atoms with Crippen molar-refractivity contribution in [2.24, 2.45) is 0 Å². The number of rotatable bonds is 7. The van der Waals surface area contributed by atoms with Gasteiger partial charge < -0.3 is 15.4 Å². The van der Waals surface area contributed by atoms with Crippen molar-refractivity contribution in [2.75, 3.05) is 5.32 Å². The van der Waals surface area contributed by atoms with Gasteiger partial charge in [-0.25, -0.2) is 0 Å². The van der Waals surface area contributed by atoms with Crippen LogP contribution in [0.25, 0.3) is 0 Å². The lowest BCUT2D eigenvalue weighted by Gasteiger charge is -2.18. The summed E-state index contributed by atoms with van der Waals surface area (Å²) in [5.41, 5.74) is 1.69. The van der Waals surface area contributed by atoms with Gasteiger partial charge >= 0.3 is 12.1 Å². The van der Waals surface area contributed by atoms with Crippen LogP contribution in [0.15, 0.2) is 48.5 Å². The number of hydrogen-bond acceptors (Lipinski definition) is 3. The summed E-state index contributed by atoms with van der Waals surface area (Å²) in [4.78, 5) is 23.2. The number of halogens is 3. The number of anilines is 1. The molecule has 0 fully saturated rings. The Hall–Kier alpha value is -3.03. The number of nitrogens with one attached hydrogen (secondary N) is 2. The summed E-state index contributed by atoms with van der Waals surface area (Å²) in [6.07, 6.45) is -5.67. The van der Waals surface area contributed by atoms with Gasteiger partial charge in [0.1, 0.15) is 5.75 Å². The van der Waals surface area contributed by atoms with E-state index in [1.54, 1.807) is 12.2 Å². The number of benzene rings is 2. The van der Waals surface area contributed by atoms with E-state index in [1.807, 2.05) is 38.1 Å². The maximum absolute atomic E-state index is 12.3. The lowest BCUT2D eigenvalue weighted by atomic mass is 10.0. The van der Waals surface area contributed by atoms with Crippen LogP contribution in [0.4, 0.5) is 18.9 Å². The minimum atomic E-state index is -4.95. The molecule has 2 aromatic carbocycles. The van der Waals surface area contributed by atoms with Crippen molar-refractivity contribution in [2.45, 2.75) is 45.5 Å². The van der Waals surface area contributed by atoms with Gasteiger partial charge in [-0.2, -0.15) is 13.2 Å². The predicted octanol–water partition coefficient (Wildman–Crippen LogP) is 4.39. The molecule has 2 rings (SSSR count). The molecule has 1 atom stereocenters. The zero-order valence-corrected chi connectivity index (χ0v) is 16.3. The van der Waals surface area contributed by atoms with E-state index in [0.29, 0.717) is 11.3 Å². The first kappa shape index (κ1) is 22.3. The minimum absolute atomic E-state index is 0.0180. The Bertz CT molecular complexity index is 849. The molecule has 0 aliphatic rings. The smallest absolute Gasteiger partial charge is 0.471 e. The highest BCUT2D eigenvalue weighted by molar-refractivity contribution is 5.94. The summed E-state index contributed by atoms with van der Waals surface area (Å²) in [6.45, 7) is 5.88. The molecule has 0 spiro atoms. The van der Waals surface area contributed by atoms with Gasteiger partial charge in [0.2, 0.25) is 0 Å². The number of para-hydroxylation sites is 1. The van der Waals surface area contributed by atoms with E-state index in [9.17, 15) is 22.8 Å². The van der Waals surface area contributed by atoms with Gasteiger partial charge in [-0.15, -0.1) is 0 Å². The van der Waals surface area contributed by atoms with Gasteiger partial charge in [-0.3, -0.25) is 9.59 Å². The number of alkyl halides is 3. The Labute approximate surface area is 167 Å². The molecule has 2 amide bonds. The largest absolute Gasteiger partial charge is 0.481 e. The van der Waals surface area contributed by atoms with E-state index >= 15 is 0 Å². The molecule has 2 N–H and O–H groups in total. The molecule has 8 heteroatoms. The second-order valence-electron chi connectivity index (χ2n) is 6.82. The Morgan fingerprint density at radius 2 is 1.62 bits per heavy atom. The Kier molecular flexibility index (Phi) is 7.25. The van der Waals surface area contributed by atoms with Crippen LogP contribution in [0.3, 0.4) is 0 Å². The number of carbonyl (C=O) groups excluding carboxylic acids is 2. The number of carbonyl (C=O) groups is 2. The highest BCUT2D eigenvalue weighted by Crippen LogP contribution is 2.26. The normalized spacial score (nSPS) is 12.4. The highest BCUT2D eigenvalue weighted by atomic mass is 19.4. The quantitative estimate of drug-likeness (QED) is 0.714. The van der Waals surface area contributed by atoms with Crippen molar-refractivity contribution in [1.29, 1.82) is 0 Å². The van der Waals surface area contributed by atoms with Gasteiger partial charge in [0.15, 0.2) is 6.10 Å². The fourth-order valence-corrected chi connectivity index (χ4v) is 2.55. The van der Waals surface area contributed by atoms with Gasteiger partial charge in [0.25, 0.3) is 5.91 Å². The SMILES string of the molecule is CC(Oc1ccccc1C(C)C)C(=O)NCc1ccc(NC(=O)C(F)(F)F)cc1. The molecule has 1 unspecified atom stereocenters. The third-order valence-corrected chi connectivity index (χ3v) is 4.15. The first-order valence-corrected chi connectivity index (χ1v) is 9.08. The van der Waals surface area contributed by atoms with E-state index < -0.39 is 18.2 Å². The molecule has 0 aromatic heterocycles. The van der Waals surface area contributed by atoms with Crippen molar-refractivity contribution in [1.82, 2.24) is 5.32 Å². The Morgan fingerprint density at radius 1 is 1.00 bits per heavy atom. The Balaban J connectivity index is 1.89. The standard InChI is InChI=1S/C21H23F3N2O3/c1-13(2)17-6-4-5-7-18(17)29-14(3)19(27)25-12-15-8-10-16(11-9-15)26-20(28)21(22,23)24/h4-11,13-14H,12H2,1-3H3,(H,25,27)(H,26,28). The third-order valence-electron chi connectivity index (χ3n) is 4.15. The molecule has 0 aliphatic carbocycles. The minimum Gasteiger partial charge on any atom is -0.481 e. The van der Waals surface area contributed by atoms with E-state index in [2.05, 4.69) is 5.32 Å². The fraction of sp³-hybridized carbons (Fsp3) is 0.333. The monoisotopic (exact) mass is 408 g/mol. The van der Waals surface area contributed by atoms with Crippen LogP contribution in [0, 0.1) is 0 Å². The molecule has 5 nitrogen and oxygen atoms in total. The predicted molar refractivity (Wildman–Crippen MR) is 104 cm³/mol. The molecule has 0 saturated heterocycles. The van der Waals surface area contributed by atoms with Crippen LogP contribution in [-0.2, 0) is 16.1 Å². The molecular formula is C21H23F3N2O3. The summed E-state index contributed by atoms with van der Waals surface area (Å²) >= 11 is 0. The zero-order chi connectivity index (χ0) is 21.6. The van der Waals surface area contributed by atoms with Crippen LogP contribution in [0.1, 0.15) is 37.8 Å². The molecule has 0 bridgehead atoms. The summed E-state index contributed by atoms with van der Waals surface area (Å²) < 4.78 is 42.5. The molecule has 2 aromatic rings. The average molecular weight is 408 g/mol. The lowest BCUT2D eigenvalue weighted by molar-refractivity contribution is -0.167. The van der Waals surface area contributed by atoms with Crippen molar-refractivity contribution in [3.8, 4) is 5.75 Å². The van der Waals surface area contributed by atoms with Crippen molar-refractivity contribution in [3.05, 3.63) is 59.7 Å². The number of hydrogen-bond donors (Lipinski definition) is 2. The average Bonchev–Trinajstić information content (AvgIpc) is 2.66. The summed E-state index contributed by atoms with van der Waals surface area (Å²) in [7, 11) is 0. The fourth-order valence-electron chi connectivity index (χ4n) is 2.55. The second kappa shape index (κ2) is 9.45. The number of amides is 2. The Morgan fingerprint density at radius 3 is 2.21 bits per heavy atom. The third kappa shape index (κ3) is 6.51. The van der Waals surface area contributed by atoms with E-state index in [-0.39, 0.29) is 24.1 Å². The molecule has 156 valence electrons. The van der Waals surface area contributed by atoms with Crippen molar-refractivity contribution < 1.29 is 27.5 Å². The summed E-state index contributed by atoms with van der Waals surface area (Å²) in [6, 6.07) is 13.2. The van der Waals surface area contributed by atoms with Gasteiger partial charge in [-0.1, -0.05) is 44.2 Å². The maximum Gasteiger partial charge on any atom is 0.471 e. The molecule has 0 aliphatic heterocycles. The number of ether oxygens (including phenoxy) is 1. The molecular weight excluding hydrogens is 385 g/mol. The first-order valence-electron chi connectivity index (χ1n) is 9.08. The van der Waals surface area contributed by atoms with Crippen LogP contribution in [0.5, 0.6) is 5.75 Å².